The molecule has 0 atom stereocenters. The summed E-state index contributed by atoms with van der Waals surface area (Å²) in [6.45, 7) is 3.21. The van der Waals surface area contributed by atoms with E-state index >= 15 is 0 Å². The molecule has 0 saturated carbocycles. The summed E-state index contributed by atoms with van der Waals surface area (Å²) in [6, 6.07) is 10.8. The Labute approximate surface area is 140 Å². The van der Waals surface area contributed by atoms with Crippen molar-refractivity contribution in [2.45, 2.75) is 19.4 Å². The first-order chi connectivity index (χ1) is 9.74. The van der Waals surface area contributed by atoms with Gasteiger partial charge < -0.3 is 10.2 Å². The summed E-state index contributed by atoms with van der Waals surface area (Å²) < 4.78 is 2.29. The molecule has 2 aromatic rings. The number of nitrogens with zero attached hydrogens (tertiary/aromatic N) is 1. The molecule has 1 aromatic carbocycles. The number of hydrogen-bond donors (Lipinski definition) is 1. The summed E-state index contributed by atoms with van der Waals surface area (Å²) in [5.74, 6) is 0. The molecule has 1 fully saturated rings. The van der Waals surface area contributed by atoms with Crippen LogP contribution in [0.5, 0.6) is 0 Å². The Morgan fingerprint density at radius 1 is 1.15 bits per heavy atom. The third kappa shape index (κ3) is 3.21. The van der Waals surface area contributed by atoms with Gasteiger partial charge in [-0.15, -0.1) is 11.3 Å². The molecule has 2 heterocycles. The lowest BCUT2D eigenvalue weighted by atomic mass is 10.2. The highest BCUT2D eigenvalue weighted by molar-refractivity contribution is 9.13. The molecule has 0 bridgehead atoms. The molecule has 1 aliphatic heterocycles. The van der Waals surface area contributed by atoms with Crippen molar-refractivity contribution in [2.24, 2.45) is 0 Å². The van der Waals surface area contributed by atoms with Gasteiger partial charge in [-0.3, -0.25) is 0 Å². The van der Waals surface area contributed by atoms with Crippen LogP contribution in [0.15, 0.2) is 38.6 Å². The van der Waals surface area contributed by atoms with Crippen LogP contribution in [0.25, 0.3) is 0 Å². The molecule has 5 heteroatoms. The first kappa shape index (κ1) is 14.4. The zero-order valence-electron chi connectivity index (χ0n) is 11.0. The van der Waals surface area contributed by atoms with Gasteiger partial charge in [0, 0.05) is 29.0 Å². The predicted molar refractivity (Wildman–Crippen MR) is 94.9 cm³/mol. The number of benzene rings is 1. The maximum absolute atomic E-state index is 3.57. The number of thiophene rings is 1. The fourth-order valence-electron chi connectivity index (χ4n) is 2.52. The third-order valence-electron chi connectivity index (χ3n) is 3.50. The molecule has 0 spiro atoms. The van der Waals surface area contributed by atoms with Crippen LogP contribution in [0.3, 0.4) is 0 Å². The molecular formula is C15H16Br2N2S. The number of nitrogens with one attached hydrogen (secondary N) is 1. The molecule has 1 aromatic heterocycles. The van der Waals surface area contributed by atoms with Crippen LogP contribution in [-0.4, -0.2) is 13.1 Å². The van der Waals surface area contributed by atoms with Crippen molar-refractivity contribution in [1.82, 2.24) is 0 Å². The normalized spacial score (nSPS) is 14.8. The highest BCUT2D eigenvalue weighted by atomic mass is 79.9. The smallest absolute Gasteiger partial charge is 0.0843 e. The maximum atomic E-state index is 3.57. The highest BCUT2D eigenvalue weighted by Crippen LogP contribution is 2.34. The summed E-state index contributed by atoms with van der Waals surface area (Å²) in [6.07, 6.45) is 2.61. The monoisotopic (exact) mass is 414 g/mol. The SMILES string of the molecule is Brc1cc(CNc2ccccc2N2CCCC2)sc1Br. The van der Waals surface area contributed by atoms with E-state index in [4.69, 9.17) is 0 Å². The van der Waals surface area contributed by atoms with Crippen molar-refractivity contribution in [3.63, 3.8) is 0 Å². The number of halogens is 2. The molecule has 106 valence electrons. The van der Waals surface area contributed by atoms with Gasteiger partial charge in [0.25, 0.3) is 0 Å². The molecule has 20 heavy (non-hydrogen) atoms. The minimum atomic E-state index is 0.861. The summed E-state index contributed by atoms with van der Waals surface area (Å²) >= 11 is 8.85. The minimum absolute atomic E-state index is 0.861. The average molecular weight is 416 g/mol. The van der Waals surface area contributed by atoms with Crippen LogP contribution in [0.1, 0.15) is 17.7 Å². The lowest BCUT2D eigenvalue weighted by molar-refractivity contribution is 0.949. The Balaban J connectivity index is 1.73. The zero-order valence-corrected chi connectivity index (χ0v) is 15.0. The van der Waals surface area contributed by atoms with E-state index in [0.29, 0.717) is 0 Å². The summed E-state index contributed by atoms with van der Waals surface area (Å²) in [4.78, 5) is 3.79. The van der Waals surface area contributed by atoms with Crippen molar-refractivity contribution in [2.75, 3.05) is 23.3 Å². The third-order valence-corrected chi connectivity index (χ3v) is 6.76. The number of anilines is 2. The Morgan fingerprint density at radius 2 is 1.90 bits per heavy atom. The van der Waals surface area contributed by atoms with E-state index in [1.165, 1.54) is 42.2 Å². The summed E-state index contributed by atoms with van der Waals surface area (Å²) in [7, 11) is 0. The number of rotatable bonds is 4. The number of hydrogen-bond acceptors (Lipinski definition) is 3. The van der Waals surface area contributed by atoms with E-state index in [9.17, 15) is 0 Å². The van der Waals surface area contributed by atoms with Crippen molar-refractivity contribution in [1.29, 1.82) is 0 Å². The fourth-order valence-corrected chi connectivity index (χ4v) is 4.63. The molecular weight excluding hydrogens is 400 g/mol. The van der Waals surface area contributed by atoms with E-state index in [1.54, 1.807) is 11.3 Å². The first-order valence-electron chi connectivity index (χ1n) is 6.75. The molecule has 1 saturated heterocycles. The van der Waals surface area contributed by atoms with E-state index in [-0.39, 0.29) is 0 Å². The van der Waals surface area contributed by atoms with Gasteiger partial charge in [0.15, 0.2) is 0 Å². The van der Waals surface area contributed by atoms with Crippen molar-refractivity contribution < 1.29 is 0 Å². The molecule has 0 unspecified atom stereocenters. The predicted octanol–water partition coefficient (Wildman–Crippen LogP) is 5.49. The number of para-hydroxylation sites is 2. The van der Waals surface area contributed by atoms with Gasteiger partial charge in [0.1, 0.15) is 0 Å². The van der Waals surface area contributed by atoms with Gasteiger partial charge in [-0.1, -0.05) is 12.1 Å². The fraction of sp³-hybridized carbons (Fsp3) is 0.333. The first-order valence-corrected chi connectivity index (χ1v) is 9.16. The van der Waals surface area contributed by atoms with Gasteiger partial charge in [-0.05, 0) is 62.9 Å². The molecule has 1 N–H and O–H groups in total. The Kier molecular flexibility index (Phi) is 4.68. The Morgan fingerprint density at radius 3 is 2.60 bits per heavy atom. The topological polar surface area (TPSA) is 15.3 Å². The largest absolute Gasteiger partial charge is 0.378 e. The van der Waals surface area contributed by atoms with E-state index in [2.05, 4.69) is 72.4 Å². The Bertz CT molecular complexity index is 572. The molecule has 0 radical (unpaired) electrons. The van der Waals surface area contributed by atoms with Gasteiger partial charge in [-0.25, -0.2) is 0 Å². The van der Waals surface area contributed by atoms with Gasteiger partial charge in [-0.2, -0.15) is 0 Å². The quantitative estimate of drug-likeness (QED) is 0.710. The van der Waals surface area contributed by atoms with Crippen LogP contribution in [0.4, 0.5) is 11.4 Å². The lowest BCUT2D eigenvalue weighted by Gasteiger charge is -2.21. The van der Waals surface area contributed by atoms with E-state index in [0.717, 1.165) is 14.8 Å². The van der Waals surface area contributed by atoms with Crippen LogP contribution < -0.4 is 10.2 Å². The molecule has 1 aliphatic rings. The lowest BCUT2D eigenvalue weighted by Crippen LogP contribution is -2.19. The minimum Gasteiger partial charge on any atom is -0.378 e. The second-order valence-electron chi connectivity index (χ2n) is 4.90. The summed E-state index contributed by atoms with van der Waals surface area (Å²) in [5.41, 5.74) is 2.56. The molecule has 2 nitrogen and oxygen atoms in total. The standard InChI is InChI=1S/C15H16Br2N2S/c16-12-9-11(20-15(12)17)10-18-13-5-1-2-6-14(13)19-7-3-4-8-19/h1-2,5-6,9,18H,3-4,7-8,10H2. The zero-order chi connectivity index (χ0) is 13.9. The highest BCUT2D eigenvalue weighted by Gasteiger charge is 2.15. The van der Waals surface area contributed by atoms with Crippen molar-refractivity contribution in [3.05, 3.63) is 43.5 Å². The summed E-state index contributed by atoms with van der Waals surface area (Å²) in [5, 5.41) is 3.57. The molecule has 0 aliphatic carbocycles. The van der Waals surface area contributed by atoms with Gasteiger partial charge in [0.2, 0.25) is 0 Å². The maximum Gasteiger partial charge on any atom is 0.0843 e. The average Bonchev–Trinajstić information content (AvgIpc) is 3.08. The second-order valence-corrected chi connectivity index (χ2v) is 8.21. The van der Waals surface area contributed by atoms with E-state index in [1.807, 2.05) is 0 Å². The van der Waals surface area contributed by atoms with Crippen LogP contribution in [0.2, 0.25) is 0 Å². The molecule has 0 amide bonds. The molecule has 3 rings (SSSR count). The van der Waals surface area contributed by atoms with E-state index < -0.39 is 0 Å². The second kappa shape index (κ2) is 6.50. The van der Waals surface area contributed by atoms with Gasteiger partial charge >= 0.3 is 0 Å². The van der Waals surface area contributed by atoms with Gasteiger partial charge in [0.05, 0.1) is 15.2 Å². The Hall–Kier alpha value is -0.520. The van der Waals surface area contributed by atoms with Crippen molar-refractivity contribution in [3.8, 4) is 0 Å². The van der Waals surface area contributed by atoms with Crippen molar-refractivity contribution >= 4 is 54.6 Å². The van der Waals surface area contributed by atoms with Crippen LogP contribution >= 0.6 is 43.2 Å². The van der Waals surface area contributed by atoms with Crippen LogP contribution in [-0.2, 0) is 6.54 Å². The van der Waals surface area contributed by atoms with Crippen LogP contribution in [0, 0.1) is 0 Å².